The van der Waals surface area contributed by atoms with E-state index < -0.39 is 0 Å². The first kappa shape index (κ1) is 7.94. The monoisotopic (exact) mass is 225 g/mol. The molecule has 0 saturated carbocycles. The highest BCUT2D eigenvalue weighted by atomic mass is 127. The maximum atomic E-state index is 10.3. The van der Waals surface area contributed by atoms with Gasteiger partial charge in [0, 0.05) is 11.0 Å². The smallest absolute Gasteiger partial charge is 0.243 e. The Morgan fingerprint density at radius 3 is 2.88 bits per heavy atom. The lowest BCUT2D eigenvalue weighted by Gasteiger charge is -1.93. The molecule has 1 amide bonds. The third kappa shape index (κ3) is 4.11. The zero-order valence-electron chi connectivity index (χ0n) is 4.48. The largest absolute Gasteiger partial charge is 0.352 e. The van der Waals surface area contributed by atoms with E-state index in [1.807, 2.05) is 0 Å². The average molecular weight is 225 g/mol. The maximum absolute atomic E-state index is 10.3. The van der Waals surface area contributed by atoms with Crippen LogP contribution in [0.1, 0.15) is 0 Å². The van der Waals surface area contributed by atoms with E-state index >= 15 is 0 Å². The summed E-state index contributed by atoms with van der Waals surface area (Å²) in [7, 11) is 0. The van der Waals surface area contributed by atoms with Gasteiger partial charge in [-0.2, -0.15) is 0 Å². The second-order valence-corrected chi connectivity index (χ2v) is 2.26. The minimum Gasteiger partial charge on any atom is -0.352 e. The van der Waals surface area contributed by atoms with Crippen LogP contribution in [0.4, 0.5) is 0 Å². The zero-order chi connectivity index (χ0) is 6.41. The van der Waals surface area contributed by atoms with Crippen molar-refractivity contribution in [2.45, 2.75) is 0 Å². The topological polar surface area (TPSA) is 29.1 Å². The van der Waals surface area contributed by atoms with Gasteiger partial charge in [0.05, 0.1) is 0 Å². The fourth-order valence-electron chi connectivity index (χ4n) is 0.243. The summed E-state index contributed by atoms with van der Waals surface area (Å²) in [6.45, 7) is 4.03. The molecule has 8 heavy (non-hydrogen) atoms. The van der Waals surface area contributed by atoms with Gasteiger partial charge < -0.3 is 5.32 Å². The number of halogens is 1. The molecule has 0 radical (unpaired) electrons. The van der Waals surface area contributed by atoms with Gasteiger partial charge in [-0.05, 0) is 6.08 Å². The van der Waals surface area contributed by atoms with E-state index in [2.05, 4.69) is 34.5 Å². The van der Waals surface area contributed by atoms with Crippen LogP contribution >= 0.6 is 22.6 Å². The molecule has 0 aliphatic heterocycles. The van der Waals surface area contributed by atoms with Crippen LogP contribution < -0.4 is 5.32 Å². The van der Waals surface area contributed by atoms with Gasteiger partial charge in [-0.3, -0.25) is 4.79 Å². The molecule has 1 N–H and O–H groups in total. The summed E-state index contributed by atoms with van der Waals surface area (Å²) >= 11 is 2.19. The average Bonchev–Trinajstić information content (AvgIpc) is 1.83. The van der Waals surface area contributed by atoms with Crippen molar-refractivity contribution >= 4 is 28.5 Å². The van der Waals surface area contributed by atoms with E-state index in [1.165, 1.54) is 6.08 Å². The van der Waals surface area contributed by atoms with Gasteiger partial charge in [-0.15, -0.1) is 0 Å². The summed E-state index contributed by atoms with van der Waals surface area (Å²) < 4.78 is 0.942. The number of hydrogen-bond acceptors (Lipinski definition) is 1. The Morgan fingerprint density at radius 1 is 1.88 bits per heavy atom. The van der Waals surface area contributed by atoms with Crippen molar-refractivity contribution in [3.8, 4) is 0 Å². The van der Waals surface area contributed by atoms with Crippen LogP contribution in [0, 0.1) is 0 Å². The number of nitrogens with one attached hydrogen (secondary N) is 1. The lowest BCUT2D eigenvalue weighted by molar-refractivity contribution is -0.116. The molecule has 0 aromatic heterocycles. The number of rotatable bonds is 3. The SMILES string of the molecule is C=CC(=O)NCCI. The molecule has 0 spiro atoms. The fraction of sp³-hybridized carbons (Fsp3) is 0.400. The molecule has 0 atom stereocenters. The van der Waals surface area contributed by atoms with Crippen LogP contribution in [0.3, 0.4) is 0 Å². The molecule has 2 nitrogen and oxygen atoms in total. The van der Waals surface area contributed by atoms with E-state index in [0.717, 1.165) is 11.0 Å². The molecular weight excluding hydrogens is 217 g/mol. The predicted molar refractivity (Wildman–Crippen MR) is 42.1 cm³/mol. The first-order chi connectivity index (χ1) is 3.81. The van der Waals surface area contributed by atoms with Crippen molar-refractivity contribution in [1.82, 2.24) is 5.32 Å². The molecule has 0 saturated heterocycles. The van der Waals surface area contributed by atoms with E-state index in [4.69, 9.17) is 0 Å². The van der Waals surface area contributed by atoms with Gasteiger partial charge in [0.25, 0.3) is 0 Å². The van der Waals surface area contributed by atoms with Gasteiger partial charge in [-0.25, -0.2) is 0 Å². The Morgan fingerprint density at radius 2 is 2.50 bits per heavy atom. The molecule has 0 aliphatic carbocycles. The summed E-state index contributed by atoms with van der Waals surface area (Å²) in [5, 5.41) is 2.62. The highest BCUT2D eigenvalue weighted by Gasteiger charge is 1.87. The molecule has 0 rings (SSSR count). The molecule has 0 aromatic rings. The third-order valence-corrected chi connectivity index (χ3v) is 1.12. The summed E-state index contributed by atoms with van der Waals surface area (Å²) in [6, 6.07) is 0. The molecule has 0 fully saturated rings. The summed E-state index contributed by atoms with van der Waals surface area (Å²) in [5.74, 6) is -0.0957. The normalized spacial score (nSPS) is 8.12. The van der Waals surface area contributed by atoms with Gasteiger partial charge >= 0.3 is 0 Å². The highest BCUT2D eigenvalue weighted by Crippen LogP contribution is 1.75. The lowest BCUT2D eigenvalue weighted by Crippen LogP contribution is -2.22. The molecule has 0 aliphatic rings. The number of amides is 1. The number of carbonyl (C=O) groups excluding carboxylic acids is 1. The van der Waals surface area contributed by atoms with Crippen molar-refractivity contribution in [2.24, 2.45) is 0 Å². The molecule has 0 aromatic carbocycles. The van der Waals surface area contributed by atoms with Gasteiger partial charge in [-0.1, -0.05) is 29.2 Å². The van der Waals surface area contributed by atoms with Crippen molar-refractivity contribution in [3.05, 3.63) is 12.7 Å². The van der Waals surface area contributed by atoms with E-state index in [-0.39, 0.29) is 5.91 Å². The molecule has 0 bridgehead atoms. The van der Waals surface area contributed by atoms with Crippen molar-refractivity contribution < 1.29 is 4.79 Å². The van der Waals surface area contributed by atoms with Crippen molar-refractivity contribution in [3.63, 3.8) is 0 Å². The maximum Gasteiger partial charge on any atom is 0.243 e. The minimum absolute atomic E-state index is 0.0957. The number of alkyl halides is 1. The Labute approximate surface area is 62.5 Å². The lowest BCUT2D eigenvalue weighted by atomic mass is 10.6. The molecule has 3 heteroatoms. The minimum atomic E-state index is -0.0957. The van der Waals surface area contributed by atoms with Gasteiger partial charge in [0.2, 0.25) is 5.91 Å². The van der Waals surface area contributed by atoms with E-state index in [0.29, 0.717) is 0 Å². The first-order valence-electron chi connectivity index (χ1n) is 2.27. The molecular formula is C5H8INO. The van der Waals surface area contributed by atoms with E-state index in [1.54, 1.807) is 0 Å². The molecule has 0 unspecified atom stereocenters. The van der Waals surface area contributed by atoms with Crippen molar-refractivity contribution in [1.29, 1.82) is 0 Å². The summed E-state index contributed by atoms with van der Waals surface area (Å²) in [4.78, 5) is 10.3. The van der Waals surface area contributed by atoms with Crippen LogP contribution in [0.2, 0.25) is 0 Å². The Bertz CT molecular complexity index is 92.4. The third-order valence-electron chi connectivity index (χ3n) is 0.579. The Kier molecular flexibility index (Phi) is 5.05. The van der Waals surface area contributed by atoms with Crippen LogP contribution in [-0.2, 0) is 4.79 Å². The second-order valence-electron chi connectivity index (χ2n) is 1.18. The first-order valence-corrected chi connectivity index (χ1v) is 3.80. The number of hydrogen-bond donors (Lipinski definition) is 1. The molecule has 46 valence electrons. The van der Waals surface area contributed by atoms with Crippen LogP contribution in [-0.4, -0.2) is 16.9 Å². The van der Waals surface area contributed by atoms with Crippen LogP contribution in [0.25, 0.3) is 0 Å². The Hall–Kier alpha value is -0.0600. The Balaban J connectivity index is 3.11. The predicted octanol–water partition coefficient (Wildman–Crippen LogP) is 0.724. The molecule has 0 heterocycles. The van der Waals surface area contributed by atoms with Crippen LogP contribution in [0.15, 0.2) is 12.7 Å². The fourth-order valence-corrected chi connectivity index (χ4v) is 0.512. The summed E-state index contributed by atoms with van der Waals surface area (Å²) in [6.07, 6.45) is 1.27. The summed E-state index contributed by atoms with van der Waals surface area (Å²) in [5.41, 5.74) is 0. The second kappa shape index (κ2) is 5.08. The van der Waals surface area contributed by atoms with Crippen molar-refractivity contribution in [2.75, 3.05) is 11.0 Å². The number of carbonyl (C=O) groups is 1. The van der Waals surface area contributed by atoms with E-state index in [9.17, 15) is 4.79 Å². The zero-order valence-corrected chi connectivity index (χ0v) is 6.64. The quantitative estimate of drug-likeness (QED) is 0.428. The highest BCUT2D eigenvalue weighted by molar-refractivity contribution is 14.1. The standard InChI is InChI=1S/C5H8INO/c1-2-5(8)7-4-3-6/h2H,1,3-4H2,(H,7,8). The van der Waals surface area contributed by atoms with Gasteiger partial charge in [0.15, 0.2) is 0 Å². The van der Waals surface area contributed by atoms with Gasteiger partial charge in [0.1, 0.15) is 0 Å². The van der Waals surface area contributed by atoms with Crippen LogP contribution in [0.5, 0.6) is 0 Å².